The fourth-order valence-electron chi connectivity index (χ4n) is 1.01. The number of rotatable bonds is 1. The Labute approximate surface area is 67.9 Å². The van der Waals surface area contributed by atoms with E-state index in [0.29, 0.717) is 5.33 Å². The minimum Gasteiger partial charge on any atom is -0.225 e. The molecule has 1 saturated carbocycles. The summed E-state index contributed by atoms with van der Waals surface area (Å²) in [5.74, 6) is -0.0222. The molecule has 0 aromatic carbocycles. The Kier molecular flexibility index (Phi) is 1.60. The largest absolute Gasteiger partial charge is 0.225 e. The lowest BCUT2D eigenvalue weighted by Gasteiger charge is -2.03. The highest BCUT2D eigenvalue weighted by atomic mass is 79.9. The maximum atomic E-state index is 13.0. The molecule has 3 atom stereocenters. The predicted octanol–water partition coefficient (Wildman–Crippen LogP) is 2.94. The van der Waals surface area contributed by atoms with Crippen LogP contribution in [0.25, 0.3) is 0 Å². The Bertz CT molecular complexity index is 137. The molecule has 1 rings (SSSR count). The van der Waals surface area contributed by atoms with E-state index in [1.54, 1.807) is 0 Å². The molecule has 1 aliphatic rings. The van der Waals surface area contributed by atoms with Gasteiger partial charge in [0.1, 0.15) is 0 Å². The molecule has 1 fully saturated rings. The first kappa shape index (κ1) is 7.80. The van der Waals surface area contributed by atoms with Gasteiger partial charge in [-0.1, -0.05) is 41.4 Å². The standard InChI is InChI=1S/C6H9BrClF/c1-4-5(2,3-7)6(4,8)9/h4H,3H2,1-2H3/t4-,5-,6+/m0/s1. The molecule has 0 nitrogen and oxygen atoms in total. The van der Waals surface area contributed by atoms with Crippen molar-refractivity contribution in [1.82, 2.24) is 0 Å². The van der Waals surface area contributed by atoms with Crippen molar-refractivity contribution in [2.45, 2.75) is 19.0 Å². The lowest BCUT2D eigenvalue weighted by atomic mass is 10.1. The molecule has 3 heteroatoms. The van der Waals surface area contributed by atoms with Gasteiger partial charge in [0.2, 0.25) is 0 Å². The first-order chi connectivity index (χ1) is 3.97. The van der Waals surface area contributed by atoms with E-state index in [0.717, 1.165) is 0 Å². The van der Waals surface area contributed by atoms with Gasteiger partial charge in [-0.3, -0.25) is 0 Å². The normalized spacial score (nSPS) is 57.7. The third-order valence-corrected chi connectivity index (χ3v) is 4.38. The van der Waals surface area contributed by atoms with E-state index >= 15 is 0 Å². The molecule has 0 N–H and O–H groups in total. The Hall–Kier alpha value is 0.700. The van der Waals surface area contributed by atoms with Crippen LogP contribution in [0.5, 0.6) is 0 Å². The summed E-state index contributed by atoms with van der Waals surface area (Å²) < 4.78 is 13.0. The number of hydrogen-bond donors (Lipinski definition) is 0. The molecule has 0 aromatic rings. The SMILES string of the molecule is C[C@@H]1[C@](F)(Cl)[C@@]1(C)CBr. The molecule has 0 radical (unpaired) electrons. The van der Waals surface area contributed by atoms with Crippen molar-refractivity contribution < 1.29 is 4.39 Å². The fourth-order valence-corrected chi connectivity index (χ4v) is 2.48. The Morgan fingerprint density at radius 1 is 1.78 bits per heavy atom. The molecule has 0 aliphatic heterocycles. The van der Waals surface area contributed by atoms with Crippen LogP contribution in [0.15, 0.2) is 0 Å². The van der Waals surface area contributed by atoms with Crippen LogP contribution in [-0.4, -0.2) is 10.5 Å². The summed E-state index contributed by atoms with van der Waals surface area (Å²) in [5.41, 5.74) is -0.339. The summed E-state index contributed by atoms with van der Waals surface area (Å²) >= 11 is 8.73. The van der Waals surface area contributed by atoms with Gasteiger partial charge in [0.25, 0.3) is 0 Å². The average molecular weight is 215 g/mol. The zero-order valence-electron chi connectivity index (χ0n) is 5.42. The Morgan fingerprint density at radius 2 is 2.11 bits per heavy atom. The average Bonchev–Trinajstić information content (AvgIpc) is 2.16. The monoisotopic (exact) mass is 214 g/mol. The van der Waals surface area contributed by atoms with Gasteiger partial charge in [-0.25, -0.2) is 4.39 Å². The van der Waals surface area contributed by atoms with Gasteiger partial charge in [-0.15, -0.1) is 0 Å². The predicted molar refractivity (Wildman–Crippen MR) is 40.8 cm³/mol. The Balaban J connectivity index is 2.70. The summed E-state index contributed by atoms with van der Waals surface area (Å²) in [6.07, 6.45) is 0. The minimum atomic E-state index is -1.46. The molecule has 0 bridgehead atoms. The third kappa shape index (κ3) is 0.758. The van der Waals surface area contributed by atoms with Crippen LogP contribution in [0.4, 0.5) is 4.39 Å². The molecule has 0 amide bonds. The number of alkyl halides is 3. The van der Waals surface area contributed by atoms with E-state index in [9.17, 15) is 4.39 Å². The van der Waals surface area contributed by atoms with Crippen LogP contribution in [0.1, 0.15) is 13.8 Å². The zero-order chi connectivity index (χ0) is 7.28. The highest BCUT2D eigenvalue weighted by Gasteiger charge is 2.72. The highest BCUT2D eigenvalue weighted by molar-refractivity contribution is 9.09. The van der Waals surface area contributed by atoms with E-state index in [-0.39, 0.29) is 11.3 Å². The molecule has 0 unspecified atom stereocenters. The smallest absolute Gasteiger partial charge is 0.193 e. The molecule has 0 heterocycles. The molecule has 54 valence electrons. The van der Waals surface area contributed by atoms with Gasteiger partial charge in [0.15, 0.2) is 5.13 Å². The van der Waals surface area contributed by atoms with Gasteiger partial charge in [0, 0.05) is 16.7 Å². The summed E-state index contributed by atoms with van der Waals surface area (Å²) in [6, 6.07) is 0. The molecular formula is C6H9BrClF. The number of hydrogen-bond acceptors (Lipinski definition) is 0. The quantitative estimate of drug-likeness (QED) is 0.590. The van der Waals surface area contributed by atoms with Crippen molar-refractivity contribution in [3.8, 4) is 0 Å². The van der Waals surface area contributed by atoms with Crippen molar-refractivity contribution in [2.24, 2.45) is 11.3 Å². The van der Waals surface area contributed by atoms with Crippen LogP contribution < -0.4 is 0 Å². The van der Waals surface area contributed by atoms with Crippen molar-refractivity contribution >= 4 is 27.5 Å². The number of halogens is 3. The molecule has 9 heavy (non-hydrogen) atoms. The first-order valence-corrected chi connectivity index (χ1v) is 4.40. The van der Waals surface area contributed by atoms with E-state index < -0.39 is 5.13 Å². The maximum Gasteiger partial charge on any atom is 0.193 e. The second-order valence-corrected chi connectivity index (χ2v) is 4.01. The van der Waals surface area contributed by atoms with Gasteiger partial charge in [0.05, 0.1) is 0 Å². The van der Waals surface area contributed by atoms with E-state index in [2.05, 4.69) is 15.9 Å². The van der Waals surface area contributed by atoms with Crippen molar-refractivity contribution in [2.75, 3.05) is 5.33 Å². The van der Waals surface area contributed by atoms with Crippen LogP contribution >= 0.6 is 27.5 Å². The van der Waals surface area contributed by atoms with Crippen LogP contribution in [0.2, 0.25) is 0 Å². The summed E-state index contributed by atoms with van der Waals surface area (Å²) in [5, 5.41) is -0.822. The molecular weight excluding hydrogens is 206 g/mol. The summed E-state index contributed by atoms with van der Waals surface area (Å²) in [6.45, 7) is 3.67. The van der Waals surface area contributed by atoms with E-state index in [1.165, 1.54) is 0 Å². The lowest BCUT2D eigenvalue weighted by Crippen LogP contribution is -2.05. The van der Waals surface area contributed by atoms with E-state index in [4.69, 9.17) is 11.6 Å². The lowest BCUT2D eigenvalue weighted by molar-refractivity contribution is 0.352. The van der Waals surface area contributed by atoms with Gasteiger partial charge in [-0.05, 0) is 0 Å². The van der Waals surface area contributed by atoms with E-state index in [1.807, 2.05) is 13.8 Å². The van der Waals surface area contributed by atoms with Crippen LogP contribution in [-0.2, 0) is 0 Å². The van der Waals surface area contributed by atoms with Crippen molar-refractivity contribution in [3.63, 3.8) is 0 Å². The summed E-state index contributed by atoms with van der Waals surface area (Å²) in [7, 11) is 0. The maximum absolute atomic E-state index is 13.0. The zero-order valence-corrected chi connectivity index (χ0v) is 7.76. The Morgan fingerprint density at radius 3 is 2.11 bits per heavy atom. The first-order valence-electron chi connectivity index (χ1n) is 2.90. The van der Waals surface area contributed by atoms with Crippen LogP contribution in [0, 0.1) is 11.3 Å². The van der Waals surface area contributed by atoms with Crippen molar-refractivity contribution in [3.05, 3.63) is 0 Å². The third-order valence-electron chi connectivity index (χ3n) is 2.46. The summed E-state index contributed by atoms with van der Waals surface area (Å²) in [4.78, 5) is 0. The molecule has 0 spiro atoms. The van der Waals surface area contributed by atoms with Gasteiger partial charge < -0.3 is 0 Å². The highest BCUT2D eigenvalue weighted by Crippen LogP contribution is 2.67. The topological polar surface area (TPSA) is 0 Å². The molecule has 0 aromatic heterocycles. The second kappa shape index (κ2) is 1.85. The van der Waals surface area contributed by atoms with Crippen molar-refractivity contribution in [1.29, 1.82) is 0 Å². The molecule has 1 aliphatic carbocycles. The minimum absolute atomic E-state index is 0.0222. The van der Waals surface area contributed by atoms with Crippen LogP contribution in [0.3, 0.4) is 0 Å². The fraction of sp³-hybridized carbons (Fsp3) is 1.00. The van der Waals surface area contributed by atoms with Gasteiger partial charge in [-0.2, -0.15) is 0 Å². The molecule has 0 saturated heterocycles. The second-order valence-electron chi connectivity index (χ2n) is 2.90. The van der Waals surface area contributed by atoms with Gasteiger partial charge >= 0.3 is 0 Å².